The van der Waals surface area contributed by atoms with E-state index in [2.05, 4.69) is 31.3 Å². The lowest BCUT2D eigenvalue weighted by molar-refractivity contribution is 0.143. The topological polar surface area (TPSA) is 47.6 Å². The minimum atomic E-state index is -0.409. The monoisotopic (exact) mass is 311 g/mol. The molecule has 0 bridgehead atoms. The van der Waals surface area contributed by atoms with E-state index in [1.165, 1.54) is 4.90 Å². The van der Waals surface area contributed by atoms with Crippen molar-refractivity contribution in [3.05, 3.63) is 24.3 Å². The lowest BCUT2D eigenvalue weighted by Crippen LogP contribution is -2.33. The van der Waals surface area contributed by atoms with Gasteiger partial charge in [-0.2, -0.15) is 0 Å². The van der Waals surface area contributed by atoms with Gasteiger partial charge in [0.05, 0.1) is 13.2 Å². The quantitative estimate of drug-likeness (QED) is 0.735. The number of benzene rings is 1. The first kappa shape index (κ1) is 17.7. The number of hydrogen-bond donors (Lipinski definition) is 1. The first-order valence-electron chi connectivity index (χ1n) is 7.39. The molecule has 1 aromatic carbocycles. The molecule has 118 valence electrons. The molecule has 0 radical (unpaired) electrons. The van der Waals surface area contributed by atoms with Gasteiger partial charge in [-0.3, -0.25) is 0 Å². The summed E-state index contributed by atoms with van der Waals surface area (Å²) in [6.07, 6.45) is 0.634. The summed E-state index contributed by atoms with van der Waals surface area (Å²) in [6.45, 7) is 8.89. The van der Waals surface area contributed by atoms with Crippen LogP contribution in [-0.4, -0.2) is 30.6 Å². The fourth-order valence-corrected chi connectivity index (χ4v) is 2.52. The lowest BCUT2D eigenvalue weighted by atomic mass is 10.3. The summed E-state index contributed by atoms with van der Waals surface area (Å²) < 4.78 is 10.5. The normalized spacial score (nSPS) is 13.3. The van der Waals surface area contributed by atoms with Crippen molar-refractivity contribution in [1.29, 1.82) is 0 Å². The largest absolute Gasteiger partial charge is 0.489 e. The molecule has 0 fully saturated rings. The van der Waals surface area contributed by atoms with Crippen molar-refractivity contribution in [2.75, 3.05) is 13.2 Å². The summed E-state index contributed by atoms with van der Waals surface area (Å²) in [5.41, 5.74) is 0. The third-order valence-corrected chi connectivity index (χ3v) is 4.16. The van der Waals surface area contributed by atoms with E-state index in [4.69, 9.17) is 9.47 Å². The average molecular weight is 311 g/mol. The van der Waals surface area contributed by atoms with Gasteiger partial charge in [-0.1, -0.05) is 13.8 Å². The van der Waals surface area contributed by atoms with E-state index in [1.807, 2.05) is 30.8 Å². The number of carbonyl (C=O) groups excluding carboxylic acids is 1. The Balaban J connectivity index is 2.39. The highest BCUT2D eigenvalue weighted by Crippen LogP contribution is 2.26. The highest BCUT2D eigenvalue weighted by atomic mass is 32.2. The maximum atomic E-state index is 11.2. The van der Waals surface area contributed by atoms with Crippen molar-refractivity contribution in [2.45, 2.75) is 50.4 Å². The Morgan fingerprint density at radius 1 is 1.24 bits per heavy atom. The van der Waals surface area contributed by atoms with Crippen LogP contribution in [0.1, 0.15) is 34.1 Å². The fourth-order valence-electron chi connectivity index (χ4n) is 1.60. The molecular weight excluding hydrogens is 286 g/mol. The Labute approximate surface area is 131 Å². The van der Waals surface area contributed by atoms with Crippen LogP contribution in [0, 0.1) is 0 Å². The second-order valence-corrected chi connectivity index (χ2v) is 6.35. The van der Waals surface area contributed by atoms with E-state index in [-0.39, 0.29) is 6.10 Å². The van der Waals surface area contributed by atoms with E-state index in [0.29, 0.717) is 18.4 Å². The molecule has 0 aliphatic rings. The van der Waals surface area contributed by atoms with Crippen LogP contribution < -0.4 is 10.1 Å². The molecular formula is C16H25NO3S. The third kappa shape index (κ3) is 7.27. The molecule has 1 N–H and O–H groups in total. The molecule has 21 heavy (non-hydrogen) atoms. The van der Waals surface area contributed by atoms with Gasteiger partial charge in [0.2, 0.25) is 0 Å². The van der Waals surface area contributed by atoms with Crippen molar-refractivity contribution >= 4 is 17.9 Å². The number of ether oxygens (including phenoxy) is 2. The Hall–Kier alpha value is -1.36. The molecule has 1 amide bonds. The van der Waals surface area contributed by atoms with Gasteiger partial charge in [0.25, 0.3) is 0 Å². The Morgan fingerprint density at radius 3 is 2.48 bits per heavy atom. The number of rotatable bonds is 8. The molecule has 0 saturated heterocycles. The SMILES string of the molecule is CCOC(=O)NCC(C)Oc1ccc(SC(C)CC)cc1. The van der Waals surface area contributed by atoms with E-state index >= 15 is 0 Å². The van der Waals surface area contributed by atoms with Crippen molar-refractivity contribution < 1.29 is 14.3 Å². The fraction of sp³-hybridized carbons (Fsp3) is 0.562. The zero-order valence-electron chi connectivity index (χ0n) is 13.2. The standard InChI is InChI=1S/C16H25NO3S/c1-5-13(4)21-15-9-7-14(8-10-15)20-12(3)11-17-16(18)19-6-2/h7-10,12-13H,5-6,11H2,1-4H3,(H,17,18). The van der Waals surface area contributed by atoms with Crippen molar-refractivity contribution in [2.24, 2.45) is 0 Å². The molecule has 0 aliphatic heterocycles. The van der Waals surface area contributed by atoms with E-state index in [0.717, 1.165) is 12.2 Å². The molecule has 0 saturated carbocycles. The average Bonchev–Trinajstić information content (AvgIpc) is 2.47. The maximum absolute atomic E-state index is 11.2. The van der Waals surface area contributed by atoms with Gasteiger partial charge in [0.15, 0.2) is 0 Å². The summed E-state index contributed by atoms with van der Waals surface area (Å²) in [4.78, 5) is 12.4. The summed E-state index contributed by atoms with van der Waals surface area (Å²) in [7, 11) is 0. The highest BCUT2D eigenvalue weighted by molar-refractivity contribution is 7.99. The first-order valence-corrected chi connectivity index (χ1v) is 8.27. The van der Waals surface area contributed by atoms with Crippen LogP contribution in [-0.2, 0) is 4.74 Å². The second-order valence-electron chi connectivity index (χ2n) is 4.84. The number of nitrogens with one attached hydrogen (secondary N) is 1. The van der Waals surface area contributed by atoms with Crippen molar-refractivity contribution in [3.8, 4) is 5.75 Å². The van der Waals surface area contributed by atoms with Gasteiger partial charge >= 0.3 is 6.09 Å². The summed E-state index contributed by atoms with van der Waals surface area (Å²) in [6, 6.07) is 8.06. The van der Waals surface area contributed by atoms with Crippen LogP contribution in [0.25, 0.3) is 0 Å². The molecule has 0 aliphatic carbocycles. The number of alkyl carbamates (subject to hydrolysis) is 1. The summed E-state index contributed by atoms with van der Waals surface area (Å²) in [5.74, 6) is 0.807. The second kappa shape index (κ2) is 9.55. The predicted octanol–water partition coefficient (Wildman–Crippen LogP) is 4.09. The predicted molar refractivity (Wildman–Crippen MR) is 87.2 cm³/mol. The molecule has 0 spiro atoms. The molecule has 4 nitrogen and oxygen atoms in total. The highest BCUT2D eigenvalue weighted by Gasteiger charge is 2.08. The Morgan fingerprint density at radius 2 is 1.90 bits per heavy atom. The molecule has 1 aromatic rings. The van der Waals surface area contributed by atoms with Crippen LogP contribution in [0.15, 0.2) is 29.2 Å². The molecule has 2 unspecified atom stereocenters. The molecule has 0 aromatic heterocycles. The van der Waals surface area contributed by atoms with E-state index in [9.17, 15) is 4.79 Å². The molecule has 2 atom stereocenters. The van der Waals surface area contributed by atoms with Crippen LogP contribution in [0.3, 0.4) is 0 Å². The van der Waals surface area contributed by atoms with Gasteiger partial charge in [0.1, 0.15) is 11.9 Å². The van der Waals surface area contributed by atoms with Gasteiger partial charge in [-0.15, -0.1) is 11.8 Å². The van der Waals surface area contributed by atoms with Gasteiger partial charge in [-0.25, -0.2) is 4.79 Å². The number of hydrogen-bond acceptors (Lipinski definition) is 4. The molecule has 0 heterocycles. The molecule has 1 rings (SSSR count). The van der Waals surface area contributed by atoms with Crippen LogP contribution in [0.2, 0.25) is 0 Å². The smallest absolute Gasteiger partial charge is 0.407 e. The zero-order chi connectivity index (χ0) is 15.7. The first-order chi connectivity index (χ1) is 10.0. The van der Waals surface area contributed by atoms with Gasteiger partial charge in [-0.05, 0) is 44.5 Å². The lowest BCUT2D eigenvalue weighted by Gasteiger charge is -2.16. The van der Waals surface area contributed by atoms with Crippen LogP contribution in [0.4, 0.5) is 4.79 Å². The Bertz CT molecular complexity index is 422. The molecule has 5 heteroatoms. The summed E-state index contributed by atoms with van der Waals surface area (Å²) in [5, 5.41) is 3.27. The maximum Gasteiger partial charge on any atom is 0.407 e. The van der Waals surface area contributed by atoms with E-state index < -0.39 is 6.09 Å². The minimum absolute atomic E-state index is 0.109. The number of amides is 1. The van der Waals surface area contributed by atoms with Crippen LogP contribution >= 0.6 is 11.8 Å². The van der Waals surface area contributed by atoms with Crippen LogP contribution in [0.5, 0.6) is 5.75 Å². The van der Waals surface area contributed by atoms with Crippen molar-refractivity contribution in [3.63, 3.8) is 0 Å². The number of carbonyl (C=O) groups is 1. The number of thioether (sulfide) groups is 1. The third-order valence-electron chi connectivity index (χ3n) is 2.88. The van der Waals surface area contributed by atoms with Gasteiger partial charge < -0.3 is 14.8 Å². The van der Waals surface area contributed by atoms with Crippen molar-refractivity contribution in [1.82, 2.24) is 5.32 Å². The van der Waals surface area contributed by atoms with E-state index in [1.54, 1.807) is 6.92 Å². The van der Waals surface area contributed by atoms with Gasteiger partial charge in [0, 0.05) is 10.1 Å². The summed E-state index contributed by atoms with van der Waals surface area (Å²) >= 11 is 1.86. The Kier molecular flexibility index (Phi) is 8.05. The zero-order valence-corrected chi connectivity index (χ0v) is 14.0. The minimum Gasteiger partial charge on any atom is -0.489 e.